The summed E-state index contributed by atoms with van der Waals surface area (Å²) >= 11 is 3.74. The summed E-state index contributed by atoms with van der Waals surface area (Å²) in [7, 11) is 5.01. The summed E-state index contributed by atoms with van der Waals surface area (Å²) in [6, 6.07) is 8.00. The number of ether oxygens (including phenoxy) is 1. The number of halogens is 1. The van der Waals surface area contributed by atoms with Gasteiger partial charge in [0.25, 0.3) is 0 Å². The fraction of sp³-hybridized carbons (Fsp3) is 0.368. The van der Waals surface area contributed by atoms with Crippen molar-refractivity contribution in [3.63, 3.8) is 0 Å². The number of carbonyl (C=O) groups is 1. The molecular weight excluding hydrogens is 521 g/mol. The lowest BCUT2D eigenvalue weighted by molar-refractivity contribution is 0.0775. The van der Waals surface area contributed by atoms with E-state index in [1.54, 1.807) is 37.3 Å². The third-order valence-electron chi connectivity index (χ3n) is 4.41. The zero-order chi connectivity index (χ0) is 21.0. The van der Waals surface area contributed by atoms with Crippen LogP contribution in [0.4, 0.5) is 5.69 Å². The molecule has 0 bridgehead atoms. The first kappa shape index (κ1) is 22.3. The van der Waals surface area contributed by atoms with Crippen molar-refractivity contribution in [3.05, 3.63) is 41.2 Å². The summed E-state index contributed by atoms with van der Waals surface area (Å²) in [6.45, 7) is 5.30. The first-order valence-electron chi connectivity index (χ1n) is 8.98. The van der Waals surface area contributed by atoms with Crippen LogP contribution in [-0.2, 0) is 4.74 Å². The third kappa shape index (κ3) is 5.21. The summed E-state index contributed by atoms with van der Waals surface area (Å²) in [5.74, 6) is -0.281. The van der Waals surface area contributed by atoms with E-state index >= 15 is 0 Å². The van der Waals surface area contributed by atoms with Gasteiger partial charge in [-0.25, -0.2) is 4.31 Å². The maximum Gasteiger partial charge on any atom is 0.222 e. The highest BCUT2D eigenvalue weighted by atomic mass is 127. The predicted molar refractivity (Wildman–Crippen MR) is 129 cm³/mol. The second kappa shape index (κ2) is 10.1. The van der Waals surface area contributed by atoms with E-state index in [-0.39, 0.29) is 11.4 Å². The average Bonchev–Trinajstić information content (AvgIpc) is 3.07. The Kier molecular flexibility index (Phi) is 7.75. The number of hydrogen-bond donors (Lipinski definition) is 1. The zero-order valence-electron chi connectivity index (χ0n) is 16.4. The fourth-order valence-electron chi connectivity index (χ4n) is 2.97. The molecule has 1 aromatic carbocycles. The number of morpholine rings is 1. The Labute approximate surface area is 191 Å². The number of nitrogens with zero attached hydrogens (tertiary/aromatic N) is 4. The van der Waals surface area contributed by atoms with E-state index in [0.717, 1.165) is 48.5 Å². The van der Waals surface area contributed by atoms with Gasteiger partial charge in [-0.3, -0.25) is 8.77 Å². The lowest BCUT2D eigenvalue weighted by Crippen LogP contribution is -2.32. The first-order valence-corrected chi connectivity index (χ1v) is 13.1. The van der Waals surface area contributed by atoms with Gasteiger partial charge < -0.3 is 14.4 Å². The topological polar surface area (TPSA) is 73.5 Å². The number of nitrogens with one attached hydrogen (secondary N) is 1. The quantitative estimate of drug-likeness (QED) is 0.183. The Morgan fingerprint density at radius 3 is 2.69 bits per heavy atom. The summed E-state index contributed by atoms with van der Waals surface area (Å²) in [4.78, 5) is 14.7. The molecule has 0 unspecified atom stereocenters. The summed E-state index contributed by atoms with van der Waals surface area (Å²) < 4.78 is 12.9. The average molecular weight is 543 g/mol. The molecule has 1 aliphatic heterocycles. The number of fused-ring (bicyclic) bond motifs is 1. The molecule has 0 aliphatic carbocycles. The van der Waals surface area contributed by atoms with Gasteiger partial charge in [0.05, 0.1) is 24.4 Å². The van der Waals surface area contributed by atoms with Crippen LogP contribution in [0.15, 0.2) is 30.0 Å². The standard InChI is InChI=1S/C19H22IN5O2S2/c1-13-8-14-9-18(19(26)15(11-21)12-23(2)3)25(28-20)17(14)10-16(13)22-29-24-4-6-27-7-5-24/h8-10,12,22H,4-7H2,1-3H3/b15-12+. The number of benzene rings is 1. The highest BCUT2D eigenvalue weighted by Crippen LogP contribution is 2.34. The van der Waals surface area contributed by atoms with E-state index in [4.69, 9.17) is 4.74 Å². The fourth-order valence-corrected chi connectivity index (χ4v) is 5.47. The highest BCUT2D eigenvalue weighted by molar-refractivity contribution is 14.2. The Morgan fingerprint density at radius 2 is 2.07 bits per heavy atom. The number of Topliss-reactive ketones (excluding diaryl/α,β-unsaturated/α-hetero) is 1. The van der Waals surface area contributed by atoms with Gasteiger partial charge in [0, 0.05) is 81.2 Å². The minimum absolute atomic E-state index is 0.113. The van der Waals surface area contributed by atoms with E-state index in [1.165, 1.54) is 9.12 Å². The summed E-state index contributed by atoms with van der Waals surface area (Å²) in [6.07, 6.45) is 1.55. The number of aromatic nitrogens is 1. The predicted octanol–water partition coefficient (Wildman–Crippen LogP) is 4.26. The molecule has 3 rings (SSSR count). The third-order valence-corrected chi connectivity index (χ3v) is 7.06. The molecule has 0 amide bonds. The molecule has 1 fully saturated rings. The van der Waals surface area contributed by atoms with E-state index in [2.05, 4.69) is 42.4 Å². The molecule has 0 spiro atoms. The Balaban J connectivity index is 1.93. The normalized spacial score (nSPS) is 15.3. The smallest absolute Gasteiger partial charge is 0.222 e. The van der Waals surface area contributed by atoms with Crippen LogP contribution < -0.4 is 4.72 Å². The molecule has 1 N–H and O–H groups in total. The molecule has 1 aromatic heterocycles. The number of rotatable bonds is 7. The van der Waals surface area contributed by atoms with Crippen molar-refractivity contribution in [1.82, 2.24) is 13.2 Å². The van der Waals surface area contributed by atoms with Gasteiger partial charge in [-0.15, -0.1) is 0 Å². The minimum Gasteiger partial charge on any atom is -0.382 e. The van der Waals surface area contributed by atoms with E-state index in [1.807, 2.05) is 23.0 Å². The first-order chi connectivity index (χ1) is 13.9. The maximum absolute atomic E-state index is 13.0. The van der Waals surface area contributed by atoms with Crippen LogP contribution in [0.2, 0.25) is 0 Å². The molecule has 2 aromatic rings. The monoisotopic (exact) mass is 543 g/mol. The van der Waals surface area contributed by atoms with E-state index in [9.17, 15) is 10.1 Å². The molecule has 10 heteroatoms. The lowest BCUT2D eigenvalue weighted by Gasteiger charge is -2.25. The van der Waals surface area contributed by atoms with Gasteiger partial charge in [0.2, 0.25) is 5.78 Å². The molecule has 1 aliphatic rings. The SMILES string of the molecule is Cc1cc2cc(C(=O)/C(C#N)=C/N(C)C)n(SI)c2cc1NSN1CCOCC1. The van der Waals surface area contributed by atoms with Crippen LogP contribution >= 0.6 is 42.5 Å². The molecule has 7 nitrogen and oxygen atoms in total. The van der Waals surface area contributed by atoms with E-state index < -0.39 is 0 Å². The second-order valence-electron chi connectivity index (χ2n) is 6.80. The van der Waals surface area contributed by atoms with E-state index in [0.29, 0.717) is 5.69 Å². The van der Waals surface area contributed by atoms with Crippen LogP contribution in [0.1, 0.15) is 16.1 Å². The van der Waals surface area contributed by atoms with Crippen molar-refractivity contribution in [2.75, 3.05) is 45.1 Å². The Morgan fingerprint density at radius 1 is 1.34 bits per heavy atom. The number of ketones is 1. The minimum atomic E-state index is -0.281. The number of carbonyl (C=O) groups excluding carboxylic acids is 1. The van der Waals surface area contributed by atoms with Gasteiger partial charge in [0.1, 0.15) is 17.3 Å². The van der Waals surface area contributed by atoms with Crippen molar-refractivity contribution in [3.8, 4) is 6.07 Å². The van der Waals surface area contributed by atoms with Crippen LogP contribution in [0.5, 0.6) is 0 Å². The number of nitriles is 1. The number of allylic oxidation sites excluding steroid dienone is 1. The van der Waals surface area contributed by atoms with Crippen LogP contribution in [0.3, 0.4) is 0 Å². The summed E-state index contributed by atoms with van der Waals surface area (Å²) in [5.41, 5.74) is 3.64. The highest BCUT2D eigenvalue weighted by Gasteiger charge is 2.21. The molecule has 0 atom stereocenters. The van der Waals surface area contributed by atoms with Gasteiger partial charge in [-0.1, -0.05) is 0 Å². The van der Waals surface area contributed by atoms with Crippen LogP contribution in [0.25, 0.3) is 10.9 Å². The molecule has 2 heterocycles. The van der Waals surface area contributed by atoms with Crippen molar-refractivity contribution in [2.45, 2.75) is 6.92 Å². The molecular formula is C19H22IN5O2S2. The van der Waals surface area contributed by atoms with Gasteiger partial charge >= 0.3 is 0 Å². The Bertz CT molecular complexity index is 977. The maximum atomic E-state index is 13.0. The van der Waals surface area contributed by atoms with Crippen molar-refractivity contribution in [2.24, 2.45) is 0 Å². The van der Waals surface area contributed by atoms with Gasteiger partial charge in [-0.2, -0.15) is 5.26 Å². The Hall–Kier alpha value is -1.39. The van der Waals surface area contributed by atoms with Crippen molar-refractivity contribution in [1.29, 1.82) is 5.26 Å². The van der Waals surface area contributed by atoms with Crippen LogP contribution in [-0.4, -0.2) is 59.4 Å². The molecule has 154 valence electrons. The largest absolute Gasteiger partial charge is 0.382 e. The van der Waals surface area contributed by atoms with Crippen molar-refractivity contribution < 1.29 is 9.53 Å². The van der Waals surface area contributed by atoms with Crippen molar-refractivity contribution >= 4 is 64.8 Å². The van der Waals surface area contributed by atoms with Gasteiger partial charge in [-0.05, 0) is 30.7 Å². The number of anilines is 1. The number of aryl methyl sites for hydroxylation is 1. The molecule has 0 radical (unpaired) electrons. The van der Waals surface area contributed by atoms with Crippen LogP contribution in [0, 0.1) is 18.3 Å². The van der Waals surface area contributed by atoms with Gasteiger partial charge in [0.15, 0.2) is 0 Å². The molecule has 29 heavy (non-hydrogen) atoms. The summed E-state index contributed by atoms with van der Waals surface area (Å²) in [5, 5.41) is 10.4. The zero-order valence-corrected chi connectivity index (χ0v) is 20.2. The molecule has 0 saturated carbocycles. The lowest BCUT2D eigenvalue weighted by atomic mass is 10.1. The molecule has 1 saturated heterocycles. The second-order valence-corrected chi connectivity index (χ2v) is 9.39. The number of hydrogen-bond acceptors (Lipinski definition) is 8.